The van der Waals surface area contributed by atoms with Crippen LogP contribution in [0.2, 0.25) is 0 Å². The Kier molecular flexibility index (Phi) is 4.75. The Morgan fingerprint density at radius 1 is 0.386 bits per heavy atom. The van der Waals surface area contributed by atoms with E-state index < -0.39 is 0 Å². The summed E-state index contributed by atoms with van der Waals surface area (Å²) in [6, 6.07) is 54.9. The van der Waals surface area contributed by atoms with Crippen LogP contribution in [-0.4, -0.2) is 4.57 Å². The van der Waals surface area contributed by atoms with Crippen LogP contribution >= 0.6 is 0 Å². The Morgan fingerprint density at radius 2 is 1.09 bits per heavy atom. The fraction of sp³-hybridized carbons (Fsp3) is 0. The van der Waals surface area contributed by atoms with E-state index in [4.69, 9.17) is 4.42 Å². The molecule has 0 N–H and O–H groups in total. The molecule has 0 aliphatic heterocycles. The van der Waals surface area contributed by atoms with Crippen molar-refractivity contribution in [3.05, 3.63) is 152 Å². The predicted octanol–water partition coefficient (Wildman–Crippen LogP) is 11.8. The van der Waals surface area contributed by atoms with Gasteiger partial charge in [-0.25, -0.2) is 0 Å². The molecule has 0 saturated heterocycles. The molecule has 0 fully saturated rings. The summed E-state index contributed by atoms with van der Waals surface area (Å²) in [7, 11) is 0. The van der Waals surface area contributed by atoms with Crippen molar-refractivity contribution in [1.29, 1.82) is 0 Å². The number of aromatic nitrogens is 1. The Balaban J connectivity index is 1.32. The van der Waals surface area contributed by atoms with Gasteiger partial charge < -0.3 is 8.98 Å². The highest BCUT2D eigenvalue weighted by atomic mass is 16.3. The summed E-state index contributed by atoms with van der Waals surface area (Å²) < 4.78 is 8.92. The van der Waals surface area contributed by atoms with E-state index in [9.17, 15) is 0 Å². The van der Waals surface area contributed by atoms with Gasteiger partial charge in [0, 0.05) is 37.9 Å². The van der Waals surface area contributed by atoms with E-state index in [1.165, 1.54) is 59.8 Å². The van der Waals surface area contributed by atoms with Crippen molar-refractivity contribution in [3.8, 4) is 16.8 Å². The lowest BCUT2D eigenvalue weighted by Crippen LogP contribution is -1.97. The molecule has 0 atom stereocenters. The molecule has 0 radical (unpaired) electrons. The third-order valence-corrected chi connectivity index (χ3v) is 9.35. The fourth-order valence-electron chi connectivity index (χ4n) is 7.39. The Bertz CT molecular complexity index is 2780. The largest absolute Gasteiger partial charge is 0.455 e. The topological polar surface area (TPSA) is 18.1 Å². The van der Waals surface area contributed by atoms with Gasteiger partial charge in [-0.2, -0.15) is 0 Å². The van der Waals surface area contributed by atoms with E-state index in [1.54, 1.807) is 0 Å². The van der Waals surface area contributed by atoms with Gasteiger partial charge in [0.2, 0.25) is 0 Å². The van der Waals surface area contributed by atoms with Crippen molar-refractivity contribution in [2.45, 2.75) is 0 Å². The van der Waals surface area contributed by atoms with Crippen molar-refractivity contribution in [3.63, 3.8) is 0 Å². The highest BCUT2D eigenvalue weighted by Crippen LogP contribution is 2.42. The Morgan fingerprint density at radius 3 is 2.00 bits per heavy atom. The number of rotatable bonds is 2. The SMILES string of the molecule is c1ccc2c(-n3c4ccccc4c4cc(-c5cccc6c5oc5ccccc56)ccc43)c3ccc4ccccc4c3cc2c1. The zero-order chi connectivity index (χ0) is 28.8. The van der Waals surface area contributed by atoms with E-state index in [-0.39, 0.29) is 0 Å². The van der Waals surface area contributed by atoms with Gasteiger partial charge in [0.25, 0.3) is 0 Å². The number of para-hydroxylation sites is 3. The second-order valence-electron chi connectivity index (χ2n) is 11.7. The van der Waals surface area contributed by atoms with Crippen molar-refractivity contribution >= 4 is 76.1 Å². The Labute approximate surface area is 253 Å². The lowest BCUT2D eigenvalue weighted by molar-refractivity contribution is 0.670. The van der Waals surface area contributed by atoms with Crippen LogP contribution in [0, 0.1) is 0 Å². The molecule has 2 heteroatoms. The molecule has 0 bridgehead atoms. The van der Waals surface area contributed by atoms with Crippen LogP contribution in [0.3, 0.4) is 0 Å². The van der Waals surface area contributed by atoms with Crippen molar-refractivity contribution in [2.75, 3.05) is 0 Å². The van der Waals surface area contributed by atoms with Gasteiger partial charge in [-0.15, -0.1) is 0 Å². The van der Waals surface area contributed by atoms with Crippen LogP contribution in [-0.2, 0) is 0 Å². The molecule has 44 heavy (non-hydrogen) atoms. The maximum absolute atomic E-state index is 6.44. The zero-order valence-corrected chi connectivity index (χ0v) is 23.8. The lowest BCUT2D eigenvalue weighted by atomic mass is 9.96. The molecule has 8 aromatic carbocycles. The van der Waals surface area contributed by atoms with E-state index in [2.05, 4.69) is 144 Å². The fourth-order valence-corrected chi connectivity index (χ4v) is 7.39. The molecule has 10 aromatic rings. The average Bonchev–Trinajstić information content (AvgIpc) is 3.63. The van der Waals surface area contributed by atoms with Crippen LogP contribution in [0.4, 0.5) is 0 Å². The van der Waals surface area contributed by atoms with Gasteiger partial charge in [0.05, 0.1) is 16.7 Å². The smallest absolute Gasteiger partial charge is 0.143 e. The first-order chi connectivity index (χ1) is 21.8. The molecule has 2 nitrogen and oxygen atoms in total. The molecule has 0 aliphatic carbocycles. The minimum atomic E-state index is 0.919. The van der Waals surface area contributed by atoms with E-state index >= 15 is 0 Å². The van der Waals surface area contributed by atoms with Gasteiger partial charge in [0.15, 0.2) is 0 Å². The average molecular weight is 560 g/mol. The van der Waals surface area contributed by atoms with Crippen LogP contribution in [0.1, 0.15) is 0 Å². The second kappa shape index (κ2) is 8.82. The quantitative estimate of drug-likeness (QED) is 0.152. The number of hydrogen-bond acceptors (Lipinski definition) is 1. The maximum atomic E-state index is 6.44. The predicted molar refractivity (Wildman–Crippen MR) is 186 cm³/mol. The minimum Gasteiger partial charge on any atom is -0.455 e. The first-order valence-corrected chi connectivity index (χ1v) is 15.1. The number of fused-ring (bicyclic) bond motifs is 10. The summed E-state index contributed by atoms with van der Waals surface area (Å²) in [5, 5.41) is 12.3. The van der Waals surface area contributed by atoms with Crippen LogP contribution in [0.5, 0.6) is 0 Å². The standard InChI is InChI=1S/C42H25NO/c1-3-12-29-26(10-1)20-22-34-36(29)24-27-11-2-4-13-30(27)41(34)43-38-18-7-5-14-32(38)37-25-28(21-23-39(37)43)31-16-9-17-35-33-15-6-8-19-40(33)44-42(31)35/h1-25H. The van der Waals surface area contributed by atoms with Crippen LogP contribution in [0.15, 0.2) is 156 Å². The summed E-state index contributed by atoms with van der Waals surface area (Å²) in [5.74, 6) is 0. The summed E-state index contributed by atoms with van der Waals surface area (Å²) in [6.07, 6.45) is 0. The zero-order valence-electron chi connectivity index (χ0n) is 23.8. The Hall–Kier alpha value is -5.86. The van der Waals surface area contributed by atoms with Gasteiger partial charge in [-0.1, -0.05) is 121 Å². The first-order valence-electron chi connectivity index (χ1n) is 15.1. The van der Waals surface area contributed by atoms with Crippen LogP contribution < -0.4 is 0 Å². The summed E-state index contributed by atoms with van der Waals surface area (Å²) in [6.45, 7) is 0. The minimum absolute atomic E-state index is 0.919. The first kappa shape index (κ1) is 23.7. The molecular formula is C42H25NO. The maximum Gasteiger partial charge on any atom is 0.143 e. The molecule has 2 heterocycles. The van der Waals surface area contributed by atoms with Crippen molar-refractivity contribution in [1.82, 2.24) is 4.57 Å². The second-order valence-corrected chi connectivity index (χ2v) is 11.7. The molecule has 0 spiro atoms. The third kappa shape index (κ3) is 3.20. The van der Waals surface area contributed by atoms with E-state index in [1.807, 2.05) is 12.1 Å². The van der Waals surface area contributed by atoms with Gasteiger partial charge in [0.1, 0.15) is 11.2 Å². The molecular weight excluding hydrogens is 534 g/mol. The van der Waals surface area contributed by atoms with Gasteiger partial charge in [-0.05, 0) is 57.4 Å². The highest BCUT2D eigenvalue weighted by Gasteiger charge is 2.19. The number of benzene rings is 8. The van der Waals surface area contributed by atoms with Gasteiger partial charge >= 0.3 is 0 Å². The van der Waals surface area contributed by atoms with Crippen molar-refractivity contribution in [2.24, 2.45) is 0 Å². The molecule has 0 saturated carbocycles. The summed E-state index contributed by atoms with van der Waals surface area (Å²) >= 11 is 0. The molecule has 2 aromatic heterocycles. The number of nitrogens with zero attached hydrogens (tertiary/aromatic N) is 1. The number of hydrogen-bond donors (Lipinski definition) is 0. The van der Waals surface area contributed by atoms with Gasteiger partial charge in [-0.3, -0.25) is 0 Å². The summed E-state index contributed by atoms with van der Waals surface area (Å²) in [4.78, 5) is 0. The van der Waals surface area contributed by atoms with Crippen molar-refractivity contribution < 1.29 is 4.42 Å². The van der Waals surface area contributed by atoms with E-state index in [0.717, 1.165) is 33.1 Å². The molecule has 0 unspecified atom stereocenters. The normalized spacial score (nSPS) is 12.1. The number of furan rings is 1. The molecule has 204 valence electrons. The lowest BCUT2D eigenvalue weighted by Gasteiger charge is -2.17. The monoisotopic (exact) mass is 559 g/mol. The molecule has 0 aliphatic rings. The third-order valence-electron chi connectivity index (χ3n) is 9.35. The highest BCUT2D eigenvalue weighted by molar-refractivity contribution is 6.20. The van der Waals surface area contributed by atoms with E-state index in [0.29, 0.717) is 0 Å². The summed E-state index contributed by atoms with van der Waals surface area (Å²) in [5.41, 5.74) is 7.73. The molecule has 10 rings (SSSR count). The molecule has 0 amide bonds. The van der Waals surface area contributed by atoms with Crippen LogP contribution in [0.25, 0.3) is 92.9 Å².